The number of benzene rings is 2. The minimum Gasteiger partial charge on any atom is -0.493 e. The van der Waals surface area contributed by atoms with Gasteiger partial charge >= 0.3 is 0 Å². The highest BCUT2D eigenvalue weighted by atomic mass is 16.5. The summed E-state index contributed by atoms with van der Waals surface area (Å²) >= 11 is 0. The van der Waals surface area contributed by atoms with Crippen LogP contribution in [0.2, 0.25) is 0 Å². The second-order valence-electron chi connectivity index (χ2n) is 7.89. The van der Waals surface area contributed by atoms with Gasteiger partial charge in [-0.25, -0.2) is 0 Å². The predicted molar refractivity (Wildman–Crippen MR) is 121 cm³/mol. The number of H-pyrrole nitrogens is 1. The van der Waals surface area contributed by atoms with Crippen LogP contribution < -0.4 is 9.47 Å². The number of rotatable bonds is 12. The topological polar surface area (TPSA) is 73.8 Å². The molecule has 31 heavy (non-hydrogen) atoms. The lowest BCUT2D eigenvalue weighted by Gasteiger charge is -2.22. The lowest BCUT2D eigenvalue weighted by Crippen LogP contribution is -2.32. The van der Waals surface area contributed by atoms with Gasteiger partial charge in [-0.3, -0.25) is 14.9 Å². The van der Waals surface area contributed by atoms with Crippen molar-refractivity contribution >= 4 is 0 Å². The second-order valence-corrected chi connectivity index (χ2v) is 7.89. The summed E-state index contributed by atoms with van der Waals surface area (Å²) in [5.74, 6) is 1.30. The van der Waals surface area contributed by atoms with E-state index in [1.807, 2.05) is 49.5 Å². The van der Waals surface area contributed by atoms with Crippen LogP contribution >= 0.6 is 0 Å². The van der Waals surface area contributed by atoms with Crippen molar-refractivity contribution in [3.8, 4) is 11.5 Å². The van der Waals surface area contributed by atoms with Crippen LogP contribution in [-0.4, -0.2) is 65.6 Å². The molecule has 3 rings (SSSR count). The Bertz CT molecular complexity index is 902. The van der Waals surface area contributed by atoms with Crippen molar-refractivity contribution in [3.63, 3.8) is 0 Å². The summed E-state index contributed by atoms with van der Waals surface area (Å²) in [5.41, 5.74) is 3.38. The molecule has 0 spiro atoms. The molecule has 1 aromatic heterocycles. The van der Waals surface area contributed by atoms with Crippen LogP contribution in [-0.2, 0) is 19.6 Å². The van der Waals surface area contributed by atoms with Crippen molar-refractivity contribution in [2.75, 3.05) is 34.4 Å². The van der Waals surface area contributed by atoms with Gasteiger partial charge in [0.15, 0.2) is 11.5 Å². The monoisotopic (exact) mass is 424 g/mol. The third kappa shape index (κ3) is 7.40. The summed E-state index contributed by atoms with van der Waals surface area (Å²) < 4.78 is 11.4. The molecule has 0 aliphatic rings. The average Bonchev–Trinajstić information content (AvgIpc) is 3.26. The van der Waals surface area contributed by atoms with Gasteiger partial charge in [-0.15, -0.1) is 0 Å². The minimum atomic E-state index is -0.606. The largest absolute Gasteiger partial charge is 0.493 e. The van der Waals surface area contributed by atoms with E-state index in [0.717, 1.165) is 30.9 Å². The number of methoxy groups -OCH3 is 1. The molecule has 7 nitrogen and oxygen atoms in total. The van der Waals surface area contributed by atoms with Gasteiger partial charge in [0.25, 0.3) is 0 Å². The number of aromatic amines is 1. The summed E-state index contributed by atoms with van der Waals surface area (Å²) in [6.45, 7) is 3.02. The van der Waals surface area contributed by atoms with Gasteiger partial charge in [-0.2, -0.15) is 5.10 Å². The zero-order valence-corrected chi connectivity index (χ0v) is 18.5. The molecule has 0 aliphatic carbocycles. The van der Waals surface area contributed by atoms with E-state index in [1.165, 1.54) is 5.56 Å². The number of aliphatic hydroxyl groups excluding tert-OH is 1. The Hall–Kier alpha value is -2.87. The zero-order chi connectivity index (χ0) is 22.1. The molecule has 2 aromatic carbocycles. The zero-order valence-electron chi connectivity index (χ0n) is 18.5. The second kappa shape index (κ2) is 11.5. The van der Waals surface area contributed by atoms with Gasteiger partial charge in [-0.1, -0.05) is 36.4 Å². The summed E-state index contributed by atoms with van der Waals surface area (Å²) in [6.07, 6.45) is 1.15. The maximum Gasteiger partial charge on any atom is 0.161 e. The normalized spacial score (nSPS) is 12.3. The van der Waals surface area contributed by atoms with Gasteiger partial charge in [0.05, 0.1) is 7.11 Å². The number of nitrogens with one attached hydrogen (secondary N) is 1. The van der Waals surface area contributed by atoms with E-state index < -0.39 is 6.10 Å². The number of aromatic nitrogens is 2. The Morgan fingerprint density at radius 2 is 1.71 bits per heavy atom. The van der Waals surface area contributed by atoms with Crippen molar-refractivity contribution in [1.82, 2.24) is 20.0 Å². The number of hydrogen-bond acceptors (Lipinski definition) is 6. The molecule has 2 N–H and O–H groups in total. The van der Waals surface area contributed by atoms with Gasteiger partial charge < -0.3 is 14.6 Å². The molecule has 0 amide bonds. The Labute approximate surface area is 184 Å². The SMILES string of the molecule is COc1ccc(CN(C)Cc2ccn[nH]2)cc1OCC(O)CN(C)Cc1ccccc1. The minimum absolute atomic E-state index is 0.197. The Kier molecular flexibility index (Phi) is 8.46. The molecule has 0 radical (unpaired) electrons. The smallest absolute Gasteiger partial charge is 0.161 e. The maximum absolute atomic E-state index is 10.5. The van der Waals surface area contributed by atoms with E-state index in [2.05, 4.69) is 39.2 Å². The molecular weight excluding hydrogens is 392 g/mol. The fourth-order valence-corrected chi connectivity index (χ4v) is 3.52. The molecule has 0 saturated heterocycles. The van der Waals surface area contributed by atoms with Gasteiger partial charge in [-0.05, 0) is 43.4 Å². The molecule has 1 unspecified atom stereocenters. The number of hydrogen-bond donors (Lipinski definition) is 2. The van der Waals surface area contributed by atoms with E-state index >= 15 is 0 Å². The van der Waals surface area contributed by atoms with Crippen molar-refractivity contribution in [1.29, 1.82) is 0 Å². The molecule has 0 fully saturated rings. The highest BCUT2D eigenvalue weighted by Crippen LogP contribution is 2.28. The summed E-state index contributed by atoms with van der Waals surface area (Å²) in [4.78, 5) is 4.27. The highest BCUT2D eigenvalue weighted by Gasteiger charge is 2.13. The molecule has 0 bridgehead atoms. The van der Waals surface area contributed by atoms with E-state index in [0.29, 0.717) is 18.0 Å². The fourth-order valence-electron chi connectivity index (χ4n) is 3.52. The van der Waals surface area contributed by atoms with Gasteiger partial charge in [0.2, 0.25) is 0 Å². The molecular formula is C24H32N4O3. The van der Waals surface area contributed by atoms with Crippen LogP contribution in [0, 0.1) is 0 Å². The number of aliphatic hydroxyl groups is 1. The van der Waals surface area contributed by atoms with Crippen LogP contribution in [0.1, 0.15) is 16.8 Å². The number of ether oxygens (including phenoxy) is 2. The maximum atomic E-state index is 10.5. The lowest BCUT2D eigenvalue weighted by atomic mass is 10.2. The Morgan fingerprint density at radius 3 is 2.42 bits per heavy atom. The molecule has 166 valence electrons. The summed E-state index contributed by atoms with van der Waals surface area (Å²) in [6, 6.07) is 18.1. The fraction of sp³-hybridized carbons (Fsp3) is 0.375. The van der Waals surface area contributed by atoms with Crippen LogP contribution in [0.25, 0.3) is 0 Å². The highest BCUT2D eigenvalue weighted by molar-refractivity contribution is 5.43. The van der Waals surface area contributed by atoms with Gasteiger partial charge in [0.1, 0.15) is 12.7 Å². The van der Waals surface area contributed by atoms with Crippen LogP contribution in [0.5, 0.6) is 11.5 Å². The first-order chi connectivity index (χ1) is 15.0. The van der Waals surface area contributed by atoms with Crippen molar-refractivity contribution in [2.45, 2.75) is 25.7 Å². The van der Waals surface area contributed by atoms with Crippen LogP contribution in [0.3, 0.4) is 0 Å². The van der Waals surface area contributed by atoms with E-state index in [-0.39, 0.29) is 6.61 Å². The van der Waals surface area contributed by atoms with Crippen LogP contribution in [0.4, 0.5) is 0 Å². The number of likely N-dealkylation sites (N-methyl/N-ethyl adjacent to an activating group) is 1. The van der Waals surface area contributed by atoms with Crippen molar-refractivity contribution in [2.24, 2.45) is 0 Å². The third-order valence-corrected chi connectivity index (χ3v) is 4.93. The standard InChI is InChI=1S/C24H32N4O3/c1-27(16-21-11-12-25-26-21)15-20-9-10-23(30-3)24(13-20)31-18-22(29)17-28(2)14-19-7-5-4-6-8-19/h4-13,22,29H,14-18H2,1-3H3,(H,25,26). The first-order valence-corrected chi connectivity index (χ1v) is 10.4. The quantitative estimate of drug-likeness (QED) is 0.466. The first kappa shape index (κ1) is 22.8. The average molecular weight is 425 g/mol. The lowest BCUT2D eigenvalue weighted by molar-refractivity contribution is 0.0732. The van der Waals surface area contributed by atoms with E-state index in [4.69, 9.17) is 9.47 Å². The number of nitrogens with zero attached hydrogens (tertiary/aromatic N) is 3. The molecule has 1 atom stereocenters. The van der Waals surface area contributed by atoms with Crippen LogP contribution in [0.15, 0.2) is 60.8 Å². The molecule has 0 saturated carbocycles. The third-order valence-electron chi connectivity index (χ3n) is 4.93. The predicted octanol–water partition coefficient (Wildman–Crippen LogP) is 2.92. The molecule has 7 heteroatoms. The molecule has 1 heterocycles. The summed E-state index contributed by atoms with van der Waals surface area (Å²) in [5, 5.41) is 17.4. The Balaban J connectivity index is 1.52. The Morgan fingerprint density at radius 1 is 0.935 bits per heavy atom. The van der Waals surface area contributed by atoms with Crippen molar-refractivity contribution < 1.29 is 14.6 Å². The first-order valence-electron chi connectivity index (χ1n) is 10.4. The molecule has 3 aromatic rings. The molecule has 0 aliphatic heterocycles. The van der Waals surface area contributed by atoms with E-state index in [9.17, 15) is 5.11 Å². The summed E-state index contributed by atoms with van der Waals surface area (Å²) in [7, 11) is 5.67. The van der Waals surface area contributed by atoms with Gasteiger partial charge in [0, 0.05) is 38.1 Å². The van der Waals surface area contributed by atoms with E-state index in [1.54, 1.807) is 13.3 Å². The van der Waals surface area contributed by atoms with Crippen molar-refractivity contribution in [3.05, 3.63) is 77.6 Å².